The van der Waals surface area contributed by atoms with Crippen LogP contribution in [0.15, 0.2) is 108 Å². The minimum atomic E-state index is -3.99. The molecule has 0 saturated carbocycles. The molecule has 0 N–H and O–H groups in total. The molecule has 1 atom stereocenters. The SMILES string of the molecule is Cc1ccc(S(=O)(=O)N2c3ccccc3CN(C(=O)c3ccccc3)N3CCc4ccccc4C32)cc1. The van der Waals surface area contributed by atoms with Crippen molar-refractivity contribution < 1.29 is 13.2 Å². The summed E-state index contributed by atoms with van der Waals surface area (Å²) in [5.41, 5.74) is 4.87. The predicted molar refractivity (Wildman–Crippen MR) is 143 cm³/mol. The van der Waals surface area contributed by atoms with Gasteiger partial charge in [-0.15, -0.1) is 0 Å². The van der Waals surface area contributed by atoms with Gasteiger partial charge in [0.15, 0.2) is 0 Å². The molecule has 2 aliphatic heterocycles. The highest BCUT2D eigenvalue weighted by Crippen LogP contribution is 2.44. The minimum Gasteiger partial charge on any atom is -0.268 e. The maximum Gasteiger partial charge on any atom is 0.268 e. The van der Waals surface area contributed by atoms with E-state index in [1.54, 1.807) is 29.3 Å². The summed E-state index contributed by atoms with van der Waals surface area (Å²) >= 11 is 0. The first-order valence-corrected chi connectivity index (χ1v) is 13.8. The fraction of sp³-hybridized carbons (Fsp3) is 0.167. The minimum absolute atomic E-state index is 0.158. The monoisotopic (exact) mass is 509 g/mol. The smallest absolute Gasteiger partial charge is 0.268 e. The summed E-state index contributed by atoms with van der Waals surface area (Å²) in [6.45, 7) is 2.71. The van der Waals surface area contributed by atoms with E-state index >= 15 is 0 Å². The Labute approximate surface area is 217 Å². The van der Waals surface area contributed by atoms with E-state index in [-0.39, 0.29) is 17.3 Å². The van der Waals surface area contributed by atoms with Gasteiger partial charge in [-0.3, -0.25) is 9.80 Å². The molecule has 2 aliphatic rings. The van der Waals surface area contributed by atoms with Gasteiger partial charge in [-0.25, -0.2) is 12.7 Å². The van der Waals surface area contributed by atoms with Gasteiger partial charge in [0.1, 0.15) is 6.17 Å². The Hall–Kier alpha value is -3.94. The van der Waals surface area contributed by atoms with Crippen LogP contribution in [0, 0.1) is 6.92 Å². The van der Waals surface area contributed by atoms with Gasteiger partial charge in [-0.05, 0) is 60.4 Å². The summed E-state index contributed by atoms with van der Waals surface area (Å²) in [6.07, 6.45) is -0.00688. The topological polar surface area (TPSA) is 60.9 Å². The fourth-order valence-electron chi connectivity index (χ4n) is 5.28. The van der Waals surface area contributed by atoms with E-state index in [4.69, 9.17) is 0 Å². The Bertz CT molecular complexity index is 1570. The average molecular weight is 510 g/mol. The number of rotatable bonds is 3. The summed E-state index contributed by atoms with van der Waals surface area (Å²) in [5, 5.41) is 3.66. The van der Waals surface area contributed by atoms with E-state index in [2.05, 4.69) is 0 Å². The largest absolute Gasteiger partial charge is 0.268 e. The van der Waals surface area contributed by atoms with Gasteiger partial charge >= 0.3 is 0 Å². The van der Waals surface area contributed by atoms with Gasteiger partial charge in [-0.1, -0.05) is 78.4 Å². The number of anilines is 1. The zero-order valence-corrected chi connectivity index (χ0v) is 21.3. The lowest BCUT2D eigenvalue weighted by atomic mass is 9.97. The van der Waals surface area contributed by atoms with Crippen LogP contribution in [0.25, 0.3) is 0 Å². The van der Waals surface area contributed by atoms with Crippen molar-refractivity contribution in [3.05, 3.63) is 131 Å². The number of carbonyl (C=O) groups is 1. The van der Waals surface area contributed by atoms with Crippen LogP contribution in [0.4, 0.5) is 5.69 Å². The van der Waals surface area contributed by atoms with Crippen LogP contribution >= 0.6 is 0 Å². The van der Waals surface area contributed by atoms with E-state index in [0.717, 1.165) is 22.3 Å². The Morgan fingerprint density at radius 2 is 1.43 bits per heavy atom. The number of amides is 1. The van der Waals surface area contributed by atoms with Crippen molar-refractivity contribution in [2.45, 2.75) is 31.0 Å². The number of sulfonamides is 1. The number of nitrogens with zero attached hydrogens (tertiary/aromatic N) is 3. The molecule has 0 fully saturated rings. The number of hydrogen-bond acceptors (Lipinski definition) is 4. The lowest BCUT2D eigenvalue weighted by Crippen LogP contribution is -2.54. The summed E-state index contributed by atoms with van der Waals surface area (Å²) in [4.78, 5) is 14.1. The van der Waals surface area contributed by atoms with Crippen LogP contribution < -0.4 is 4.31 Å². The normalized spacial score (nSPS) is 17.4. The van der Waals surface area contributed by atoms with Gasteiger partial charge in [-0.2, -0.15) is 5.01 Å². The molecule has 0 bridgehead atoms. The summed E-state index contributed by atoms with van der Waals surface area (Å²) in [6, 6.07) is 31.5. The third-order valence-electron chi connectivity index (χ3n) is 7.14. The molecule has 2 heterocycles. The van der Waals surface area contributed by atoms with Crippen molar-refractivity contribution in [3.8, 4) is 0 Å². The standard InChI is InChI=1S/C30H27N3O3S/c1-22-15-17-26(18-16-22)37(35,36)33-28-14-8-6-12-25(28)21-32(30(34)24-10-3-2-4-11-24)31-20-19-23-9-5-7-13-27(23)29(31)33/h2-18,29H,19-21H2,1H3. The molecule has 6 nitrogen and oxygen atoms in total. The second kappa shape index (κ2) is 9.18. The number of benzene rings is 4. The Morgan fingerprint density at radius 1 is 0.784 bits per heavy atom. The van der Waals surface area contributed by atoms with Gasteiger partial charge in [0, 0.05) is 12.1 Å². The summed E-state index contributed by atoms with van der Waals surface area (Å²) in [5.74, 6) is -0.158. The molecule has 1 amide bonds. The van der Waals surface area contributed by atoms with Gasteiger partial charge in [0.2, 0.25) is 0 Å². The Balaban J connectivity index is 1.59. The van der Waals surface area contributed by atoms with E-state index in [1.165, 1.54) is 4.31 Å². The molecule has 37 heavy (non-hydrogen) atoms. The fourth-order valence-corrected chi connectivity index (χ4v) is 6.91. The third-order valence-corrected chi connectivity index (χ3v) is 8.92. The van der Waals surface area contributed by atoms with Crippen molar-refractivity contribution in [1.29, 1.82) is 0 Å². The predicted octanol–water partition coefficient (Wildman–Crippen LogP) is 5.32. The molecule has 6 rings (SSSR count). The molecule has 1 unspecified atom stereocenters. The van der Waals surface area contributed by atoms with E-state index in [0.29, 0.717) is 24.2 Å². The number of fused-ring (bicyclic) bond motifs is 4. The zero-order chi connectivity index (χ0) is 25.6. The summed E-state index contributed by atoms with van der Waals surface area (Å²) < 4.78 is 30.4. The van der Waals surface area contributed by atoms with Crippen LogP contribution in [-0.2, 0) is 23.0 Å². The lowest BCUT2D eigenvalue weighted by molar-refractivity contribution is -0.0435. The van der Waals surface area contributed by atoms with Crippen LogP contribution in [-0.4, -0.2) is 30.9 Å². The molecule has 7 heteroatoms. The first kappa shape index (κ1) is 23.5. The third kappa shape index (κ3) is 4.00. The summed E-state index contributed by atoms with van der Waals surface area (Å²) in [7, 11) is -3.99. The molecular formula is C30H27N3O3S. The van der Waals surface area contributed by atoms with Crippen molar-refractivity contribution in [2.75, 3.05) is 10.8 Å². The zero-order valence-electron chi connectivity index (χ0n) is 20.5. The maximum atomic E-state index is 14.4. The first-order valence-electron chi connectivity index (χ1n) is 12.4. The van der Waals surface area contributed by atoms with Gasteiger partial charge in [0.25, 0.3) is 15.9 Å². The molecule has 186 valence electrons. The number of hydrogen-bond donors (Lipinski definition) is 0. The average Bonchev–Trinajstić information content (AvgIpc) is 3.08. The van der Waals surface area contributed by atoms with E-state index in [9.17, 15) is 13.2 Å². The number of carbonyl (C=O) groups excluding carboxylic acids is 1. The van der Waals surface area contributed by atoms with E-state index in [1.807, 2.05) is 90.8 Å². The molecule has 0 aromatic heterocycles. The maximum absolute atomic E-state index is 14.4. The molecule has 0 aliphatic carbocycles. The number of hydrazine groups is 1. The molecule has 0 radical (unpaired) electrons. The molecule has 4 aromatic carbocycles. The number of aryl methyl sites for hydroxylation is 1. The molecular weight excluding hydrogens is 482 g/mol. The highest BCUT2D eigenvalue weighted by atomic mass is 32.2. The van der Waals surface area contributed by atoms with Crippen LogP contribution in [0.1, 0.15) is 38.8 Å². The molecule has 4 aromatic rings. The Kier molecular flexibility index (Phi) is 5.82. The quantitative estimate of drug-likeness (QED) is 0.375. The lowest BCUT2D eigenvalue weighted by Gasteiger charge is -2.45. The highest BCUT2D eigenvalue weighted by Gasteiger charge is 2.45. The van der Waals surface area contributed by atoms with Gasteiger partial charge in [0.05, 0.1) is 17.1 Å². The molecule has 0 saturated heterocycles. The van der Waals surface area contributed by atoms with Crippen LogP contribution in [0.3, 0.4) is 0 Å². The molecule has 0 spiro atoms. The van der Waals surface area contributed by atoms with Crippen molar-refractivity contribution in [3.63, 3.8) is 0 Å². The van der Waals surface area contributed by atoms with Crippen molar-refractivity contribution >= 4 is 21.6 Å². The van der Waals surface area contributed by atoms with Crippen molar-refractivity contribution in [1.82, 2.24) is 10.0 Å². The highest BCUT2D eigenvalue weighted by molar-refractivity contribution is 7.92. The van der Waals surface area contributed by atoms with E-state index < -0.39 is 16.2 Å². The second-order valence-electron chi connectivity index (χ2n) is 9.46. The number of para-hydroxylation sites is 1. The first-order chi connectivity index (χ1) is 17.9. The van der Waals surface area contributed by atoms with Crippen LogP contribution in [0.5, 0.6) is 0 Å². The second-order valence-corrected chi connectivity index (χ2v) is 11.3. The van der Waals surface area contributed by atoms with Crippen LogP contribution in [0.2, 0.25) is 0 Å². The Morgan fingerprint density at radius 3 is 2.19 bits per heavy atom. The van der Waals surface area contributed by atoms with Gasteiger partial charge < -0.3 is 0 Å². The van der Waals surface area contributed by atoms with Crippen molar-refractivity contribution in [2.24, 2.45) is 0 Å².